The number of carbonyl (C=O) groups is 1. The number of aliphatic hydroxyl groups excluding tert-OH is 1. The van der Waals surface area contributed by atoms with Gasteiger partial charge in [-0.2, -0.15) is 0 Å². The number of carboxylic acids is 1. The maximum absolute atomic E-state index is 10.5. The van der Waals surface area contributed by atoms with Crippen LogP contribution in [0.5, 0.6) is 0 Å². The van der Waals surface area contributed by atoms with E-state index in [4.69, 9.17) is 14.9 Å². The third-order valence-electron chi connectivity index (χ3n) is 2.27. The fourth-order valence-electron chi connectivity index (χ4n) is 1.50. The number of rotatable bonds is 6. The minimum absolute atomic E-state index is 0.00907. The normalized spacial score (nSPS) is 26.6. The minimum Gasteiger partial charge on any atom is -0.479 e. The lowest BCUT2D eigenvalue weighted by Crippen LogP contribution is -2.29. The molecule has 0 spiro atoms. The number of nitrogens with one attached hydrogen (secondary N) is 1. The van der Waals surface area contributed by atoms with Crippen LogP contribution in [-0.4, -0.2) is 48.1 Å². The molecule has 5 heteroatoms. The Hall–Kier alpha value is -0.650. The number of carboxylic acid groups (broad SMARTS) is 1. The van der Waals surface area contributed by atoms with Crippen molar-refractivity contribution in [2.75, 3.05) is 19.7 Å². The quantitative estimate of drug-likeness (QED) is 0.511. The molecule has 5 nitrogen and oxygen atoms in total. The SMILES string of the molecule is O=C(O)C1CCC(CNCCCO)O1. The molecular weight excluding hydrogens is 186 g/mol. The monoisotopic (exact) mass is 203 g/mol. The number of hydrogen-bond acceptors (Lipinski definition) is 4. The Morgan fingerprint density at radius 3 is 2.86 bits per heavy atom. The molecule has 0 saturated carbocycles. The molecule has 1 aliphatic rings. The molecule has 0 radical (unpaired) electrons. The predicted molar refractivity (Wildman–Crippen MR) is 50.1 cm³/mol. The molecule has 1 heterocycles. The van der Waals surface area contributed by atoms with Crippen molar-refractivity contribution in [1.29, 1.82) is 0 Å². The highest BCUT2D eigenvalue weighted by molar-refractivity contribution is 5.72. The van der Waals surface area contributed by atoms with Crippen LogP contribution in [-0.2, 0) is 9.53 Å². The van der Waals surface area contributed by atoms with Crippen LogP contribution >= 0.6 is 0 Å². The van der Waals surface area contributed by atoms with Crippen LogP contribution in [0.2, 0.25) is 0 Å². The van der Waals surface area contributed by atoms with Gasteiger partial charge in [0.2, 0.25) is 0 Å². The predicted octanol–water partition coefficient (Wildman–Crippen LogP) is -0.409. The van der Waals surface area contributed by atoms with Gasteiger partial charge in [0.25, 0.3) is 0 Å². The van der Waals surface area contributed by atoms with E-state index in [0.29, 0.717) is 13.0 Å². The summed E-state index contributed by atoms with van der Waals surface area (Å²) in [5, 5.41) is 20.3. The summed E-state index contributed by atoms with van der Waals surface area (Å²) in [6.45, 7) is 1.59. The number of aliphatic hydroxyl groups is 1. The van der Waals surface area contributed by atoms with Gasteiger partial charge in [0, 0.05) is 13.2 Å². The first-order chi connectivity index (χ1) is 6.74. The second-order valence-corrected chi connectivity index (χ2v) is 3.44. The molecule has 0 amide bonds. The molecule has 0 bridgehead atoms. The van der Waals surface area contributed by atoms with E-state index in [0.717, 1.165) is 19.4 Å². The molecule has 1 fully saturated rings. The highest BCUT2D eigenvalue weighted by Gasteiger charge is 2.29. The van der Waals surface area contributed by atoms with E-state index in [1.807, 2.05) is 0 Å². The topological polar surface area (TPSA) is 78.8 Å². The minimum atomic E-state index is -0.872. The van der Waals surface area contributed by atoms with E-state index < -0.39 is 12.1 Å². The molecule has 1 rings (SSSR count). The van der Waals surface area contributed by atoms with Gasteiger partial charge in [0.05, 0.1) is 6.10 Å². The Bertz CT molecular complexity index is 186. The van der Waals surface area contributed by atoms with Gasteiger partial charge in [-0.15, -0.1) is 0 Å². The summed E-state index contributed by atoms with van der Waals surface area (Å²) in [4.78, 5) is 10.5. The standard InChI is InChI=1S/C9H17NO4/c11-5-1-4-10-6-7-2-3-8(14-7)9(12)13/h7-8,10-11H,1-6H2,(H,12,13). The molecule has 2 atom stereocenters. The van der Waals surface area contributed by atoms with Crippen LogP contribution in [0.25, 0.3) is 0 Å². The van der Waals surface area contributed by atoms with Gasteiger partial charge in [-0.3, -0.25) is 0 Å². The Morgan fingerprint density at radius 1 is 1.50 bits per heavy atom. The van der Waals surface area contributed by atoms with Crippen LogP contribution in [0.1, 0.15) is 19.3 Å². The van der Waals surface area contributed by atoms with Crippen LogP contribution in [0.3, 0.4) is 0 Å². The van der Waals surface area contributed by atoms with E-state index in [9.17, 15) is 4.79 Å². The zero-order valence-corrected chi connectivity index (χ0v) is 8.11. The van der Waals surface area contributed by atoms with Crippen molar-refractivity contribution in [3.05, 3.63) is 0 Å². The first-order valence-corrected chi connectivity index (χ1v) is 4.94. The van der Waals surface area contributed by atoms with Crippen LogP contribution in [0.15, 0.2) is 0 Å². The molecule has 0 aromatic rings. The fraction of sp³-hybridized carbons (Fsp3) is 0.889. The van der Waals surface area contributed by atoms with E-state index in [1.54, 1.807) is 0 Å². The number of aliphatic carboxylic acids is 1. The second kappa shape index (κ2) is 5.95. The first-order valence-electron chi connectivity index (χ1n) is 4.94. The van der Waals surface area contributed by atoms with Crippen molar-refractivity contribution < 1.29 is 19.7 Å². The smallest absolute Gasteiger partial charge is 0.332 e. The first kappa shape index (κ1) is 11.4. The maximum atomic E-state index is 10.5. The van der Waals surface area contributed by atoms with Gasteiger partial charge in [-0.1, -0.05) is 0 Å². The summed E-state index contributed by atoms with van der Waals surface area (Å²) in [5.74, 6) is -0.872. The number of ether oxygens (including phenoxy) is 1. The zero-order valence-electron chi connectivity index (χ0n) is 8.11. The number of hydrogen-bond donors (Lipinski definition) is 3. The van der Waals surface area contributed by atoms with E-state index in [1.165, 1.54) is 0 Å². The molecule has 14 heavy (non-hydrogen) atoms. The molecule has 0 aliphatic carbocycles. The summed E-state index contributed by atoms with van der Waals surface area (Å²) in [5.41, 5.74) is 0. The highest BCUT2D eigenvalue weighted by Crippen LogP contribution is 2.18. The Labute approximate surface area is 83.1 Å². The Balaban J connectivity index is 2.07. The average Bonchev–Trinajstić information content (AvgIpc) is 2.61. The van der Waals surface area contributed by atoms with Gasteiger partial charge >= 0.3 is 5.97 Å². The van der Waals surface area contributed by atoms with Crippen molar-refractivity contribution in [2.24, 2.45) is 0 Å². The molecule has 0 aromatic carbocycles. The van der Waals surface area contributed by atoms with Gasteiger partial charge in [-0.05, 0) is 25.8 Å². The third-order valence-corrected chi connectivity index (χ3v) is 2.27. The zero-order chi connectivity index (χ0) is 10.4. The molecule has 3 N–H and O–H groups in total. The van der Waals surface area contributed by atoms with Gasteiger partial charge in [-0.25, -0.2) is 4.79 Å². The maximum Gasteiger partial charge on any atom is 0.332 e. The van der Waals surface area contributed by atoms with E-state index in [-0.39, 0.29) is 12.7 Å². The second-order valence-electron chi connectivity index (χ2n) is 3.44. The van der Waals surface area contributed by atoms with Gasteiger partial charge in [0.15, 0.2) is 6.10 Å². The molecule has 0 aromatic heterocycles. The summed E-state index contributed by atoms with van der Waals surface area (Å²) >= 11 is 0. The fourth-order valence-corrected chi connectivity index (χ4v) is 1.50. The average molecular weight is 203 g/mol. The van der Waals surface area contributed by atoms with Crippen molar-refractivity contribution >= 4 is 5.97 Å². The molecule has 2 unspecified atom stereocenters. The molecule has 1 saturated heterocycles. The lowest BCUT2D eigenvalue weighted by atomic mass is 10.2. The summed E-state index contributed by atoms with van der Waals surface area (Å²) < 4.78 is 5.28. The largest absolute Gasteiger partial charge is 0.479 e. The van der Waals surface area contributed by atoms with Crippen molar-refractivity contribution in [3.63, 3.8) is 0 Å². The molecule has 82 valence electrons. The van der Waals surface area contributed by atoms with Gasteiger partial charge < -0.3 is 20.3 Å². The highest BCUT2D eigenvalue weighted by atomic mass is 16.5. The lowest BCUT2D eigenvalue weighted by Gasteiger charge is -2.11. The van der Waals surface area contributed by atoms with Crippen molar-refractivity contribution in [3.8, 4) is 0 Å². The van der Waals surface area contributed by atoms with Crippen molar-refractivity contribution in [1.82, 2.24) is 5.32 Å². The van der Waals surface area contributed by atoms with Crippen LogP contribution < -0.4 is 5.32 Å². The van der Waals surface area contributed by atoms with Crippen molar-refractivity contribution in [2.45, 2.75) is 31.5 Å². The summed E-state index contributed by atoms with van der Waals surface area (Å²) in [6, 6.07) is 0. The van der Waals surface area contributed by atoms with E-state index >= 15 is 0 Å². The Kier molecular flexibility index (Phi) is 4.86. The third kappa shape index (κ3) is 3.61. The van der Waals surface area contributed by atoms with Crippen LogP contribution in [0, 0.1) is 0 Å². The molecule has 1 aliphatic heterocycles. The lowest BCUT2D eigenvalue weighted by molar-refractivity contribution is -0.149. The van der Waals surface area contributed by atoms with E-state index in [2.05, 4.69) is 5.32 Å². The van der Waals surface area contributed by atoms with Crippen LogP contribution in [0.4, 0.5) is 0 Å². The summed E-state index contributed by atoms with van der Waals surface area (Å²) in [7, 11) is 0. The Morgan fingerprint density at radius 2 is 2.29 bits per heavy atom. The summed E-state index contributed by atoms with van der Waals surface area (Å²) in [6.07, 6.45) is 1.49. The van der Waals surface area contributed by atoms with Gasteiger partial charge in [0.1, 0.15) is 0 Å². The molecular formula is C9H17NO4.